The first-order valence-corrected chi connectivity index (χ1v) is 4.41. The maximum absolute atomic E-state index is 8.47. The summed E-state index contributed by atoms with van der Waals surface area (Å²) in [5.41, 5.74) is -0.0137. The minimum absolute atomic E-state index is 0.0137. The van der Waals surface area contributed by atoms with E-state index >= 15 is 0 Å². The lowest BCUT2D eigenvalue weighted by molar-refractivity contribution is 0.0807. The average Bonchev–Trinajstić information content (AvgIpc) is 2.12. The van der Waals surface area contributed by atoms with E-state index < -0.39 is 0 Å². The molecule has 0 amide bonds. The molecule has 0 bridgehead atoms. The number of nitrogens with zero attached hydrogens (tertiary/aromatic N) is 2. The molecule has 0 aliphatic carbocycles. The van der Waals surface area contributed by atoms with Crippen LogP contribution < -0.4 is 0 Å². The molecule has 0 aromatic heterocycles. The summed E-state index contributed by atoms with van der Waals surface area (Å²) in [6.45, 7) is 2.68. The highest BCUT2D eigenvalue weighted by Gasteiger charge is 2.23. The van der Waals surface area contributed by atoms with Gasteiger partial charge in [0.05, 0.1) is 18.7 Å². The second-order valence-electron chi connectivity index (χ2n) is 3.56. The minimum Gasteiger partial charge on any atom is -0.384 e. The zero-order valence-electron chi connectivity index (χ0n) is 8.34. The van der Waals surface area contributed by atoms with Gasteiger partial charge in [-0.25, -0.2) is 0 Å². The molecule has 0 saturated heterocycles. The van der Waals surface area contributed by atoms with Crippen LogP contribution in [0.2, 0.25) is 0 Å². The van der Waals surface area contributed by atoms with E-state index in [4.69, 9.17) is 15.3 Å². The monoisotopic (exact) mass is 180 g/mol. The first kappa shape index (κ1) is 11.9. The van der Waals surface area contributed by atoms with Crippen LogP contribution in [0.1, 0.15) is 32.6 Å². The average molecular weight is 180 g/mol. The molecule has 0 aliphatic rings. The molecule has 0 heterocycles. The van der Waals surface area contributed by atoms with E-state index in [1.54, 1.807) is 7.11 Å². The second-order valence-corrected chi connectivity index (χ2v) is 3.56. The highest BCUT2D eigenvalue weighted by molar-refractivity contribution is 4.83. The Hall–Kier alpha value is -1.06. The molecular formula is C10H16N2O. The fraction of sp³-hybridized carbons (Fsp3) is 0.800. The Kier molecular flexibility index (Phi) is 5.93. The van der Waals surface area contributed by atoms with Crippen LogP contribution in [0.25, 0.3) is 0 Å². The molecule has 0 N–H and O–H groups in total. The largest absolute Gasteiger partial charge is 0.384 e. The van der Waals surface area contributed by atoms with Gasteiger partial charge in [0.1, 0.15) is 0 Å². The molecule has 0 aromatic carbocycles. The Bertz CT molecular complexity index is 194. The van der Waals surface area contributed by atoms with E-state index in [0.717, 1.165) is 12.8 Å². The van der Waals surface area contributed by atoms with Gasteiger partial charge in [-0.3, -0.25) is 0 Å². The van der Waals surface area contributed by atoms with E-state index in [2.05, 4.69) is 19.1 Å². The molecule has 0 unspecified atom stereocenters. The van der Waals surface area contributed by atoms with Gasteiger partial charge in [-0.2, -0.15) is 10.5 Å². The number of nitriles is 2. The Morgan fingerprint density at radius 2 is 1.62 bits per heavy atom. The van der Waals surface area contributed by atoms with Gasteiger partial charge in [-0.15, -0.1) is 0 Å². The summed E-state index contributed by atoms with van der Waals surface area (Å²) in [6, 6.07) is 4.24. The van der Waals surface area contributed by atoms with Crippen LogP contribution in [0, 0.1) is 28.1 Å². The van der Waals surface area contributed by atoms with Gasteiger partial charge in [0, 0.05) is 20.0 Å². The lowest BCUT2D eigenvalue weighted by atomic mass is 9.82. The molecule has 0 radical (unpaired) electrons. The van der Waals surface area contributed by atoms with Crippen LogP contribution in [0.15, 0.2) is 0 Å². The lowest BCUT2D eigenvalue weighted by Gasteiger charge is -2.26. The fourth-order valence-electron chi connectivity index (χ4n) is 1.33. The third kappa shape index (κ3) is 5.22. The molecule has 13 heavy (non-hydrogen) atoms. The summed E-state index contributed by atoms with van der Waals surface area (Å²) in [4.78, 5) is 0. The van der Waals surface area contributed by atoms with Crippen LogP contribution in [0.4, 0.5) is 0 Å². The van der Waals surface area contributed by atoms with Crippen LogP contribution in [0.5, 0.6) is 0 Å². The topological polar surface area (TPSA) is 56.8 Å². The van der Waals surface area contributed by atoms with Gasteiger partial charge >= 0.3 is 0 Å². The van der Waals surface area contributed by atoms with Crippen molar-refractivity contribution in [1.82, 2.24) is 0 Å². The summed E-state index contributed by atoms with van der Waals surface area (Å²) in [6.07, 6.45) is 2.68. The Morgan fingerprint density at radius 3 is 1.92 bits per heavy atom. The van der Waals surface area contributed by atoms with Crippen LogP contribution >= 0.6 is 0 Å². The SMILES string of the molecule is COCC(C)(CCC#N)CCC#N. The first-order chi connectivity index (χ1) is 6.18. The summed E-state index contributed by atoms with van der Waals surface area (Å²) in [5, 5.41) is 16.9. The summed E-state index contributed by atoms with van der Waals surface area (Å²) < 4.78 is 5.08. The van der Waals surface area contributed by atoms with Gasteiger partial charge in [0.2, 0.25) is 0 Å². The molecule has 3 nitrogen and oxygen atoms in total. The third-order valence-electron chi connectivity index (χ3n) is 2.17. The number of hydrogen-bond donors (Lipinski definition) is 0. The number of rotatable bonds is 6. The van der Waals surface area contributed by atoms with Gasteiger partial charge in [0.15, 0.2) is 0 Å². The molecule has 0 aliphatic heterocycles. The summed E-state index contributed by atoms with van der Waals surface area (Å²) in [5.74, 6) is 0. The number of ether oxygens (including phenoxy) is 1. The van der Waals surface area contributed by atoms with Crippen molar-refractivity contribution in [3.8, 4) is 12.1 Å². The van der Waals surface area contributed by atoms with Crippen molar-refractivity contribution in [3.05, 3.63) is 0 Å². The maximum Gasteiger partial charge on any atom is 0.0621 e. The quantitative estimate of drug-likeness (QED) is 0.629. The number of hydrogen-bond acceptors (Lipinski definition) is 3. The minimum atomic E-state index is -0.0137. The zero-order valence-corrected chi connectivity index (χ0v) is 8.34. The Morgan fingerprint density at radius 1 is 1.15 bits per heavy atom. The Balaban J connectivity index is 4.02. The predicted octanol–water partition coefficient (Wildman–Crippen LogP) is 2.25. The molecule has 72 valence electrons. The van der Waals surface area contributed by atoms with Crippen molar-refractivity contribution in [2.24, 2.45) is 5.41 Å². The molecule has 3 heteroatoms. The highest BCUT2D eigenvalue weighted by atomic mass is 16.5. The van der Waals surface area contributed by atoms with Gasteiger partial charge < -0.3 is 4.74 Å². The molecule has 0 saturated carbocycles. The van der Waals surface area contributed by atoms with E-state index in [9.17, 15) is 0 Å². The van der Waals surface area contributed by atoms with Crippen molar-refractivity contribution in [2.45, 2.75) is 32.6 Å². The van der Waals surface area contributed by atoms with E-state index in [-0.39, 0.29) is 5.41 Å². The summed E-state index contributed by atoms with van der Waals surface area (Å²) >= 11 is 0. The maximum atomic E-state index is 8.47. The first-order valence-electron chi connectivity index (χ1n) is 4.41. The highest BCUT2D eigenvalue weighted by Crippen LogP contribution is 2.28. The van der Waals surface area contributed by atoms with E-state index in [1.165, 1.54) is 0 Å². The third-order valence-corrected chi connectivity index (χ3v) is 2.17. The molecule has 0 aromatic rings. The van der Waals surface area contributed by atoms with Crippen molar-refractivity contribution < 1.29 is 4.74 Å². The van der Waals surface area contributed by atoms with E-state index in [0.29, 0.717) is 19.4 Å². The van der Waals surface area contributed by atoms with Crippen LogP contribution in [-0.2, 0) is 4.74 Å². The van der Waals surface area contributed by atoms with Crippen LogP contribution in [-0.4, -0.2) is 13.7 Å². The predicted molar refractivity (Wildman–Crippen MR) is 49.7 cm³/mol. The summed E-state index contributed by atoms with van der Waals surface area (Å²) in [7, 11) is 1.65. The normalized spacial score (nSPS) is 10.5. The zero-order chi connectivity index (χ0) is 10.2. The molecule has 0 spiro atoms. The molecule has 0 fully saturated rings. The van der Waals surface area contributed by atoms with Crippen molar-refractivity contribution in [2.75, 3.05) is 13.7 Å². The van der Waals surface area contributed by atoms with E-state index in [1.807, 2.05) is 0 Å². The van der Waals surface area contributed by atoms with Crippen LogP contribution in [0.3, 0.4) is 0 Å². The smallest absolute Gasteiger partial charge is 0.0621 e. The van der Waals surface area contributed by atoms with Crippen molar-refractivity contribution in [1.29, 1.82) is 10.5 Å². The molecule has 0 rings (SSSR count). The lowest BCUT2D eigenvalue weighted by Crippen LogP contribution is -2.22. The van der Waals surface area contributed by atoms with Gasteiger partial charge in [-0.05, 0) is 18.3 Å². The van der Waals surface area contributed by atoms with Gasteiger partial charge in [0.25, 0.3) is 0 Å². The molecule has 0 atom stereocenters. The number of methoxy groups -OCH3 is 1. The Labute approximate surface area is 79.9 Å². The van der Waals surface area contributed by atoms with Crippen molar-refractivity contribution in [3.63, 3.8) is 0 Å². The van der Waals surface area contributed by atoms with Crippen molar-refractivity contribution >= 4 is 0 Å². The second kappa shape index (κ2) is 6.46. The van der Waals surface area contributed by atoms with Gasteiger partial charge in [-0.1, -0.05) is 6.92 Å². The fourth-order valence-corrected chi connectivity index (χ4v) is 1.33. The molecular weight excluding hydrogens is 164 g/mol. The standard InChI is InChI=1S/C10H16N2O/c1-10(9-13-2,5-3-7-11)6-4-8-12/h3-6,9H2,1-2H3.